The summed E-state index contributed by atoms with van der Waals surface area (Å²) in [5.41, 5.74) is 0.688. The lowest BCUT2D eigenvalue weighted by atomic mass is 9.96. The van der Waals surface area contributed by atoms with Gasteiger partial charge in [0.1, 0.15) is 17.9 Å². The Hall–Kier alpha value is -1.57. The maximum atomic E-state index is 9.53. The van der Waals surface area contributed by atoms with Crippen molar-refractivity contribution in [1.82, 2.24) is 5.32 Å². The van der Waals surface area contributed by atoms with E-state index < -0.39 is 5.54 Å². The van der Waals surface area contributed by atoms with Gasteiger partial charge < -0.3 is 9.47 Å². The maximum Gasteiger partial charge on any atom is 0.143 e. The predicted octanol–water partition coefficient (Wildman–Crippen LogP) is 2.54. The number of methoxy groups -OCH3 is 1. The third-order valence-corrected chi connectivity index (χ3v) is 3.95. The van der Waals surface area contributed by atoms with Crippen molar-refractivity contribution in [3.63, 3.8) is 0 Å². The molecule has 0 saturated heterocycles. The molecule has 4 heteroatoms. The Bertz CT molecular complexity index is 477. The van der Waals surface area contributed by atoms with Gasteiger partial charge in [-0.3, -0.25) is 5.32 Å². The summed E-state index contributed by atoms with van der Waals surface area (Å²) < 4.78 is 10.9. The molecule has 2 rings (SSSR count). The fourth-order valence-electron chi connectivity index (χ4n) is 2.54. The average molecular weight is 288 g/mol. The number of nitrogens with one attached hydrogen (secondary N) is 1. The molecule has 1 aromatic carbocycles. The van der Waals surface area contributed by atoms with E-state index >= 15 is 0 Å². The number of hydrogen-bond donors (Lipinski definition) is 1. The van der Waals surface area contributed by atoms with Gasteiger partial charge in [-0.2, -0.15) is 5.26 Å². The van der Waals surface area contributed by atoms with E-state index in [9.17, 15) is 5.26 Å². The zero-order chi connectivity index (χ0) is 15.1. The van der Waals surface area contributed by atoms with Gasteiger partial charge >= 0.3 is 0 Å². The largest absolute Gasteiger partial charge is 0.491 e. The molecule has 0 radical (unpaired) electrons. The summed E-state index contributed by atoms with van der Waals surface area (Å²) in [6.07, 6.45) is 3.12. The second-order valence-corrected chi connectivity index (χ2v) is 5.56. The molecule has 0 bridgehead atoms. The van der Waals surface area contributed by atoms with Crippen LogP contribution in [0.15, 0.2) is 24.3 Å². The normalized spacial score (nSPS) is 17.0. The van der Waals surface area contributed by atoms with Gasteiger partial charge in [0, 0.05) is 7.11 Å². The standard InChI is InChI=1S/C17H24N2O2/c1-3-19-17(12-18,15-6-7-15)13-21-16-8-4-14(5-9-16)10-11-20-2/h4-5,8-9,15,19H,3,6-7,10-11,13H2,1-2H3. The predicted molar refractivity (Wildman–Crippen MR) is 82.3 cm³/mol. The molecule has 0 spiro atoms. The van der Waals surface area contributed by atoms with Gasteiger partial charge in [-0.05, 0) is 49.4 Å². The number of ether oxygens (including phenoxy) is 2. The SMILES string of the molecule is CCNC(C#N)(COc1ccc(CCOC)cc1)C1CC1. The molecule has 1 unspecified atom stereocenters. The number of nitriles is 1. The van der Waals surface area contributed by atoms with Crippen LogP contribution in [0.4, 0.5) is 0 Å². The summed E-state index contributed by atoms with van der Waals surface area (Å²) >= 11 is 0. The second kappa shape index (κ2) is 7.44. The van der Waals surface area contributed by atoms with E-state index in [2.05, 4.69) is 11.4 Å². The summed E-state index contributed by atoms with van der Waals surface area (Å²) in [5.74, 6) is 1.23. The first-order valence-corrected chi connectivity index (χ1v) is 7.61. The third kappa shape index (κ3) is 4.20. The summed E-state index contributed by atoms with van der Waals surface area (Å²) in [5, 5.41) is 12.8. The maximum absolute atomic E-state index is 9.53. The third-order valence-electron chi connectivity index (χ3n) is 3.95. The van der Waals surface area contributed by atoms with E-state index in [0.717, 1.165) is 38.2 Å². The fourth-order valence-corrected chi connectivity index (χ4v) is 2.54. The highest BCUT2D eigenvalue weighted by Crippen LogP contribution is 2.39. The topological polar surface area (TPSA) is 54.3 Å². The van der Waals surface area contributed by atoms with Crippen LogP contribution in [0.3, 0.4) is 0 Å². The van der Waals surface area contributed by atoms with E-state index in [1.807, 2.05) is 31.2 Å². The van der Waals surface area contributed by atoms with E-state index in [-0.39, 0.29) is 0 Å². The molecule has 1 saturated carbocycles. The number of likely N-dealkylation sites (N-methyl/N-ethyl adjacent to an activating group) is 1. The lowest BCUT2D eigenvalue weighted by Crippen LogP contribution is -2.50. The molecular weight excluding hydrogens is 264 g/mol. The molecular formula is C17H24N2O2. The molecule has 0 heterocycles. The quantitative estimate of drug-likeness (QED) is 0.758. The zero-order valence-electron chi connectivity index (χ0n) is 12.9. The van der Waals surface area contributed by atoms with E-state index in [4.69, 9.17) is 9.47 Å². The molecule has 21 heavy (non-hydrogen) atoms. The fraction of sp³-hybridized carbons (Fsp3) is 0.588. The van der Waals surface area contributed by atoms with Crippen LogP contribution in [0.25, 0.3) is 0 Å². The first-order chi connectivity index (χ1) is 10.2. The molecule has 0 aliphatic heterocycles. The molecule has 4 nitrogen and oxygen atoms in total. The summed E-state index contributed by atoms with van der Waals surface area (Å²) in [6.45, 7) is 3.93. The Labute approximate surface area is 127 Å². The highest BCUT2D eigenvalue weighted by atomic mass is 16.5. The van der Waals surface area contributed by atoms with Gasteiger partial charge in [-0.25, -0.2) is 0 Å². The first-order valence-electron chi connectivity index (χ1n) is 7.61. The molecule has 1 atom stereocenters. The highest BCUT2D eigenvalue weighted by Gasteiger charge is 2.46. The second-order valence-electron chi connectivity index (χ2n) is 5.56. The lowest BCUT2D eigenvalue weighted by Gasteiger charge is -2.27. The van der Waals surface area contributed by atoms with E-state index in [1.165, 1.54) is 5.56 Å². The van der Waals surface area contributed by atoms with Crippen molar-refractivity contribution >= 4 is 0 Å². The summed E-state index contributed by atoms with van der Waals surface area (Å²) in [7, 11) is 1.71. The molecule has 1 fully saturated rings. The smallest absolute Gasteiger partial charge is 0.143 e. The zero-order valence-corrected chi connectivity index (χ0v) is 12.9. The van der Waals surface area contributed by atoms with Gasteiger partial charge in [0.15, 0.2) is 0 Å². The number of hydrogen-bond acceptors (Lipinski definition) is 4. The Balaban J connectivity index is 1.93. The minimum absolute atomic E-state index is 0.402. The molecule has 0 amide bonds. The molecule has 1 aliphatic carbocycles. The minimum atomic E-state index is -0.538. The van der Waals surface area contributed by atoms with Crippen LogP contribution >= 0.6 is 0 Å². The lowest BCUT2D eigenvalue weighted by molar-refractivity contribution is 0.201. The Kier molecular flexibility index (Phi) is 5.60. The molecule has 1 aliphatic rings. The minimum Gasteiger partial charge on any atom is -0.491 e. The Morgan fingerprint density at radius 3 is 2.57 bits per heavy atom. The average Bonchev–Trinajstić information content (AvgIpc) is 3.36. The Morgan fingerprint density at radius 1 is 1.33 bits per heavy atom. The van der Waals surface area contributed by atoms with Gasteiger partial charge in [0.2, 0.25) is 0 Å². The van der Waals surface area contributed by atoms with Crippen LogP contribution in [-0.2, 0) is 11.2 Å². The van der Waals surface area contributed by atoms with Crippen molar-refractivity contribution in [2.75, 3.05) is 26.9 Å². The summed E-state index contributed by atoms with van der Waals surface area (Å²) in [4.78, 5) is 0. The molecule has 1 N–H and O–H groups in total. The van der Waals surface area contributed by atoms with Gasteiger partial charge in [0.25, 0.3) is 0 Å². The van der Waals surface area contributed by atoms with Crippen LogP contribution in [0.2, 0.25) is 0 Å². The summed E-state index contributed by atoms with van der Waals surface area (Å²) in [6, 6.07) is 10.5. The number of nitrogens with zero attached hydrogens (tertiary/aromatic N) is 1. The van der Waals surface area contributed by atoms with Crippen molar-refractivity contribution in [1.29, 1.82) is 5.26 Å². The molecule has 114 valence electrons. The van der Waals surface area contributed by atoms with Crippen molar-refractivity contribution < 1.29 is 9.47 Å². The van der Waals surface area contributed by atoms with Crippen molar-refractivity contribution in [2.24, 2.45) is 5.92 Å². The van der Waals surface area contributed by atoms with E-state index in [1.54, 1.807) is 7.11 Å². The van der Waals surface area contributed by atoms with Gasteiger partial charge in [-0.15, -0.1) is 0 Å². The van der Waals surface area contributed by atoms with Gasteiger partial charge in [0.05, 0.1) is 12.7 Å². The monoisotopic (exact) mass is 288 g/mol. The van der Waals surface area contributed by atoms with Crippen LogP contribution in [0.5, 0.6) is 5.75 Å². The molecule has 1 aromatic rings. The van der Waals surface area contributed by atoms with Gasteiger partial charge in [-0.1, -0.05) is 19.1 Å². The Morgan fingerprint density at radius 2 is 2.05 bits per heavy atom. The van der Waals surface area contributed by atoms with Crippen LogP contribution in [-0.4, -0.2) is 32.4 Å². The van der Waals surface area contributed by atoms with Crippen LogP contribution in [0.1, 0.15) is 25.3 Å². The van der Waals surface area contributed by atoms with Crippen LogP contribution < -0.4 is 10.1 Å². The van der Waals surface area contributed by atoms with Crippen molar-refractivity contribution in [2.45, 2.75) is 31.7 Å². The van der Waals surface area contributed by atoms with Crippen LogP contribution in [0, 0.1) is 17.2 Å². The number of rotatable bonds is 9. The van der Waals surface area contributed by atoms with Crippen molar-refractivity contribution in [3.05, 3.63) is 29.8 Å². The first kappa shape index (κ1) is 15.8. The number of benzene rings is 1. The van der Waals surface area contributed by atoms with E-state index in [0.29, 0.717) is 12.5 Å². The molecule has 0 aromatic heterocycles. The highest BCUT2D eigenvalue weighted by molar-refractivity contribution is 5.28. The van der Waals surface area contributed by atoms with Crippen molar-refractivity contribution in [3.8, 4) is 11.8 Å².